The molecule has 0 aliphatic carbocycles. The number of thioether (sulfide) groups is 2. The first-order valence-electron chi connectivity index (χ1n) is 6.93. The van der Waals surface area contributed by atoms with E-state index in [0.29, 0.717) is 5.25 Å². The Labute approximate surface area is 147 Å². The molecule has 0 saturated carbocycles. The molecule has 6 heteroatoms. The van der Waals surface area contributed by atoms with Crippen molar-refractivity contribution in [2.24, 2.45) is 0 Å². The molecule has 2 heterocycles. The second-order valence-corrected chi connectivity index (χ2v) is 8.82. The number of thiocarbonyl (C=S) groups is 1. The van der Waals surface area contributed by atoms with E-state index in [1.807, 2.05) is 11.8 Å². The van der Waals surface area contributed by atoms with E-state index in [-0.39, 0.29) is 0 Å². The minimum absolute atomic E-state index is 0.684. The molecular weight excluding hydrogens is 384 g/mol. The Bertz CT molecular complexity index is 647. The van der Waals surface area contributed by atoms with Crippen LogP contribution in [0.2, 0.25) is 0 Å². The van der Waals surface area contributed by atoms with E-state index in [9.17, 15) is 0 Å². The zero-order valence-corrected chi connectivity index (χ0v) is 15.8. The summed E-state index contributed by atoms with van der Waals surface area (Å²) in [6, 6.07) is 6.41. The summed E-state index contributed by atoms with van der Waals surface area (Å²) < 4.78 is 2.17. The van der Waals surface area contributed by atoms with Crippen molar-refractivity contribution >= 4 is 66.9 Å². The Kier molecular flexibility index (Phi) is 5.19. The van der Waals surface area contributed by atoms with Crippen molar-refractivity contribution in [3.8, 4) is 0 Å². The van der Waals surface area contributed by atoms with Crippen LogP contribution in [0.3, 0.4) is 0 Å². The van der Waals surface area contributed by atoms with Gasteiger partial charge in [0.05, 0.1) is 0 Å². The number of hydrogen-bond donors (Lipinski definition) is 1. The maximum Gasteiger partial charge on any atom is 0.136 e. The lowest BCUT2D eigenvalue weighted by Crippen LogP contribution is -2.36. The summed E-state index contributed by atoms with van der Waals surface area (Å²) in [7, 11) is 0. The number of likely N-dealkylation sites (tertiary alicyclic amines) is 1. The van der Waals surface area contributed by atoms with Crippen LogP contribution in [0.25, 0.3) is 10.9 Å². The summed E-state index contributed by atoms with van der Waals surface area (Å²) in [6.45, 7) is 2.17. The van der Waals surface area contributed by atoms with Crippen molar-refractivity contribution in [1.29, 1.82) is 0 Å². The summed E-state index contributed by atoms with van der Waals surface area (Å²) in [5.74, 6) is 0. The van der Waals surface area contributed by atoms with Gasteiger partial charge in [-0.2, -0.15) is 0 Å². The maximum absolute atomic E-state index is 5.38. The minimum Gasteiger partial charge on any atom is -0.360 e. The van der Waals surface area contributed by atoms with Crippen LogP contribution in [-0.2, 0) is 0 Å². The molecule has 1 aromatic heterocycles. The van der Waals surface area contributed by atoms with Gasteiger partial charge in [0.1, 0.15) is 4.32 Å². The fourth-order valence-electron chi connectivity index (χ4n) is 2.63. The van der Waals surface area contributed by atoms with Crippen LogP contribution >= 0.6 is 51.7 Å². The van der Waals surface area contributed by atoms with Crippen molar-refractivity contribution in [3.05, 3.63) is 28.9 Å². The third kappa shape index (κ3) is 3.60. The molecule has 0 radical (unpaired) electrons. The number of nitrogens with zero attached hydrogens (tertiary/aromatic N) is 1. The molecule has 1 aliphatic heterocycles. The predicted octanol–water partition coefficient (Wildman–Crippen LogP) is 5.13. The Morgan fingerprint density at radius 2 is 2.14 bits per heavy atom. The number of nitrogens with one attached hydrogen (secondary N) is 1. The molecule has 3 rings (SSSR count). The molecule has 1 saturated heterocycles. The smallest absolute Gasteiger partial charge is 0.136 e. The van der Waals surface area contributed by atoms with Gasteiger partial charge in [-0.05, 0) is 37.3 Å². The SMILES string of the molecule is CSC(=S)N1CCC(Sc2c[nH]c3ccc(Br)cc23)CC1. The second kappa shape index (κ2) is 6.94. The monoisotopic (exact) mass is 400 g/mol. The topological polar surface area (TPSA) is 19.0 Å². The van der Waals surface area contributed by atoms with Crippen LogP contribution in [0.4, 0.5) is 0 Å². The van der Waals surface area contributed by atoms with Gasteiger partial charge in [-0.15, -0.1) is 23.5 Å². The average molecular weight is 401 g/mol. The van der Waals surface area contributed by atoms with Crippen molar-refractivity contribution < 1.29 is 0 Å². The summed E-state index contributed by atoms with van der Waals surface area (Å²) in [5.41, 5.74) is 1.21. The molecule has 1 N–H and O–H groups in total. The van der Waals surface area contributed by atoms with Gasteiger partial charge < -0.3 is 9.88 Å². The van der Waals surface area contributed by atoms with Gasteiger partial charge in [0, 0.05) is 44.8 Å². The first-order chi connectivity index (χ1) is 10.2. The molecule has 0 bridgehead atoms. The zero-order chi connectivity index (χ0) is 14.8. The highest BCUT2D eigenvalue weighted by Crippen LogP contribution is 2.36. The lowest BCUT2D eigenvalue weighted by Gasteiger charge is -2.32. The van der Waals surface area contributed by atoms with E-state index < -0.39 is 0 Å². The van der Waals surface area contributed by atoms with Gasteiger partial charge in [-0.3, -0.25) is 0 Å². The number of rotatable bonds is 2. The first-order valence-corrected chi connectivity index (χ1v) is 10.2. The van der Waals surface area contributed by atoms with E-state index in [2.05, 4.69) is 56.5 Å². The Balaban J connectivity index is 1.67. The van der Waals surface area contributed by atoms with Gasteiger partial charge in [0.15, 0.2) is 0 Å². The number of H-pyrrole nitrogens is 1. The van der Waals surface area contributed by atoms with Crippen LogP contribution in [0.15, 0.2) is 33.8 Å². The van der Waals surface area contributed by atoms with Crippen molar-refractivity contribution in [3.63, 3.8) is 0 Å². The lowest BCUT2D eigenvalue weighted by molar-refractivity contribution is 0.359. The molecule has 0 amide bonds. The number of piperidine rings is 1. The third-order valence-corrected chi connectivity index (χ3v) is 7.03. The van der Waals surface area contributed by atoms with Gasteiger partial charge >= 0.3 is 0 Å². The molecule has 0 spiro atoms. The van der Waals surface area contributed by atoms with E-state index >= 15 is 0 Å². The van der Waals surface area contributed by atoms with Gasteiger partial charge in [-0.25, -0.2) is 0 Å². The van der Waals surface area contributed by atoms with Crippen molar-refractivity contribution in [2.45, 2.75) is 23.0 Å². The van der Waals surface area contributed by atoms with Crippen LogP contribution in [0.1, 0.15) is 12.8 Å². The average Bonchev–Trinajstić information content (AvgIpc) is 2.89. The summed E-state index contributed by atoms with van der Waals surface area (Å²) in [4.78, 5) is 7.06. The molecule has 2 nitrogen and oxygen atoms in total. The first kappa shape index (κ1) is 15.7. The molecule has 21 heavy (non-hydrogen) atoms. The number of halogens is 1. The number of aromatic nitrogens is 1. The highest BCUT2D eigenvalue weighted by Gasteiger charge is 2.22. The van der Waals surface area contributed by atoms with E-state index in [0.717, 1.165) is 21.9 Å². The number of aromatic amines is 1. The molecule has 1 aromatic carbocycles. The molecule has 1 fully saturated rings. The standard InChI is InChI=1S/C15H17BrN2S3/c1-20-15(19)18-6-4-11(5-7-18)21-14-9-17-13-3-2-10(16)8-12(13)14/h2-3,8-9,11,17H,4-7H2,1H3. The van der Waals surface area contributed by atoms with Gasteiger partial charge in [-0.1, -0.05) is 28.1 Å². The quantitative estimate of drug-likeness (QED) is 0.703. The highest BCUT2D eigenvalue weighted by atomic mass is 79.9. The summed E-state index contributed by atoms with van der Waals surface area (Å²) in [5, 5.41) is 2.00. The largest absolute Gasteiger partial charge is 0.360 e. The fourth-order valence-corrected chi connectivity index (χ4v) is 4.84. The van der Waals surface area contributed by atoms with Crippen LogP contribution in [0.5, 0.6) is 0 Å². The van der Waals surface area contributed by atoms with Crippen molar-refractivity contribution in [1.82, 2.24) is 9.88 Å². The normalized spacial score (nSPS) is 16.6. The number of fused-ring (bicyclic) bond motifs is 1. The van der Waals surface area contributed by atoms with Gasteiger partial charge in [0.25, 0.3) is 0 Å². The molecule has 0 unspecified atom stereocenters. The third-order valence-electron chi connectivity index (χ3n) is 3.77. The lowest BCUT2D eigenvalue weighted by atomic mass is 10.1. The summed E-state index contributed by atoms with van der Waals surface area (Å²) in [6.07, 6.45) is 6.60. The fraction of sp³-hybridized carbons (Fsp3) is 0.400. The summed E-state index contributed by atoms with van der Waals surface area (Å²) >= 11 is 12.6. The molecule has 2 aromatic rings. The number of benzene rings is 1. The predicted molar refractivity (Wildman–Crippen MR) is 103 cm³/mol. The van der Waals surface area contributed by atoms with E-state index in [1.165, 1.54) is 28.6 Å². The molecular formula is C15H17BrN2S3. The minimum atomic E-state index is 0.684. The molecule has 112 valence electrons. The number of hydrogen-bond acceptors (Lipinski definition) is 3. The second-order valence-electron chi connectivity index (χ2n) is 5.12. The Hall–Kier alpha value is -0.170. The Morgan fingerprint density at radius 3 is 2.86 bits per heavy atom. The maximum atomic E-state index is 5.38. The Morgan fingerprint density at radius 1 is 1.38 bits per heavy atom. The van der Waals surface area contributed by atoms with Crippen molar-refractivity contribution in [2.75, 3.05) is 19.3 Å². The van der Waals surface area contributed by atoms with Crippen LogP contribution in [0, 0.1) is 0 Å². The van der Waals surface area contributed by atoms with E-state index in [1.54, 1.807) is 11.8 Å². The van der Waals surface area contributed by atoms with Crippen LogP contribution in [-0.4, -0.2) is 38.8 Å². The zero-order valence-electron chi connectivity index (χ0n) is 11.8. The van der Waals surface area contributed by atoms with Crippen LogP contribution < -0.4 is 0 Å². The molecule has 1 aliphatic rings. The molecule has 0 atom stereocenters. The highest BCUT2D eigenvalue weighted by molar-refractivity contribution is 9.10. The van der Waals surface area contributed by atoms with Gasteiger partial charge in [0.2, 0.25) is 0 Å². The van der Waals surface area contributed by atoms with E-state index in [4.69, 9.17) is 12.2 Å².